The van der Waals surface area contributed by atoms with Gasteiger partial charge in [-0.1, -0.05) is 12.1 Å². The Bertz CT molecular complexity index is 2270. The fourth-order valence-corrected chi connectivity index (χ4v) is 7.12. The zero-order chi connectivity index (χ0) is 29.4. The number of nitrogens with one attached hydrogen (secondary N) is 1. The van der Waals surface area contributed by atoms with Crippen LogP contribution < -0.4 is 0 Å². The van der Waals surface area contributed by atoms with Crippen molar-refractivity contribution in [2.75, 3.05) is 0 Å². The van der Waals surface area contributed by atoms with Crippen molar-refractivity contribution in [3.8, 4) is 22.3 Å². The quantitative estimate of drug-likeness (QED) is 0.167. The third kappa shape index (κ3) is 4.65. The topological polar surface area (TPSA) is 264 Å². The van der Waals surface area contributed by atoms with Crippen molar-refractivity contribution in [2.45, 2.75) is 14.7 Å². The zero-order valence-corrected chi connectivity index (χ0v) is 22.5. The van der Waals surface area contributed by atoms with E-state index >= 15 is 0 Å². The molecule has 0 aliphatic carbocycles. The second-order valence-electron chi connectivity index (χ2n) is 8.20. The molecular formula is C20H14N4O12S4. The molecule has 0 atom stereocenters. The van der Waals surface area contributed by atoms with Crippen molar-refractivity contribution < 1.29 is 51.9 Å². The Hall–Kier alpha value is -3.76. The van der Waals surface area contributed by atoms with E-state index in [-0.39, 0.29) is 20.6 Å². The molecule has 0 saturated carbocycles. The number of hydrogen-bond donors (Lipinski definition) is 5. The van der Waals surface area contributed by atoms with E-state index in [0.717, 1.165) is 18.2 Å². The maximum absolute atomic E-state index is 12.7. The molecule has 16 nitrogen and oxygen atoms in total. The highest BCUT2D eigenvalue weighted by molar-refractivity contribution is 7.87. The van der Waals surface area contributed by atoms with Crippen molar-refractivity contribution in [1.82, 2.24) is 18.9 Å². The van der Waals surface area contributed by atoms with Crippen LogP contribution in [0, 0.1) is 0 Å². The average molecular weight is 631 g/mol. The van der Waals surface area contributed by atoms with E-state index in [1.807, 2.05) is 0 Å². The molecule has 0 fully saturated rings. The van der Waals surface area contributed by atoms with Crippen LogP contribution in [0.4, 0.5) is 0 Å². The van der Waals surface area contributed by atoms with Crippen LogP contribution in [0.15, 0.2) is 69.8 Å². The fourth-order valence-electron chi connectivity index (χ4n) is 4.29. The van der Waals surface area contributed by atoms with Gasteiger partial charge in [-0.15, -0.1) is 0 Å². The molecule has 40 heavy (non-hydrogen) atoms. The molecule has 0 saturated heterocycles. The summed E-state index contributed by atoms with van der Waals surface area (Å²) < 4.78 is 140. The van der Waals surface area contributed by atoms with Gasteiger partial charge in [0, 0.05) is 16.7 Å². The molecule has 5 aromatic rings. The average Bonchev–Trinajstić information content (AvgIpc) is 3.47. The largest absolute Gasteiger partial charge is 0.365 e. The van der Waals surface area contributed by atoms with Crippen molar-refractivity contribution in [3.63, 3.8) is 0 Å². The first-order chi connectivity index (χ1) is 18.4. The van der Waals surface area contributed by atoms with Crippen LogP contribution in [0.1, 0.15) is 0 Å². The monoisotopic (exact) mass is 630 g/mol. The molecule has 0 amide bonds. The number of para-hydroxylation sites is 1. The molecule has 0 aliphatic rings. The van der Waals surface area contributed by atoms with Gasteiger partial charge < -0.3 is 4.98 Å². The number of aromatic nitrogens is 4. The Morgan fingerprint density at radius 2 is 1.30 bits per heavy atom. The first kappa shape index (κ1) is 27.8. The second kappa shape index (κ2) is 8.87. The van der Waals surface area contributed by atoms with Crippen LogP contribution in [-0.4, -0.2) is 70.8 Å². The normalized spacial score (nSPS) is 13.3. The molecule has 20 heteroatoms. The second-order valence-corrected chi connectivity index (χ2v) is 13.7. The van der Waals surface area contributed by atoms with E-state index in [9.17, 15) is 51.9 Å². The van der Waals surface area contributed by atoms with Gasteiger partial charge in [0.2, 0.25) is 0 Å². The van der Waals surface area contributed by atoms with E-state index in [0.29, 0.717) is 17.9 Å². The van der Waals surface area contributed by atoms with E-state index in [1.165, 1.54) is 18.5 Å². The number of aromatic amines is 1. The van der Waals surface area contributed by atoms with Crippen LogP contribution >= 0.6 is 0 Å². The minimum absolute atomic E-state index is 0.0216. The predicted molar refractivity (Wildman–Crippen MR) is 137 cm³/mol. The summed E-state index contributed by atoms with van der Waals surface area (Å²) in [7, 11) is -21.7. The smallest absolute Gasteiger partial charge is 0.345 e. The van der Waals surface area contributed by atoms with Gasteiger partial charge in [0.1, 0.15) is 21.0 Å². The van der Waals surface area contributed by atoms with Crippen LogP contribution in [0.5, 0.6) is 0 Å². The lowest BCUT2D eigenvalue weighted by atomic mass is 9.98. The van der Waals surface area contributed by atoms with Gasteiger partial charge in [0.05, 0.1) is 28.4 Å². The molecule has 2 aromatic heterocycles. The van der Waals surface area contributed by atoms with Crippen molar-refractivity contribution in [1.29, 1.82) is 0 Å². The van der Waals surface area contributed by atoms with Gasteiger partial charge in [0.25, 0.3) is 30.4 Å². The molecule has 0 aliphatic heterocycles. The molecule has 3 aromatic carbocycles. The highest BCUT2D eigenvalue weighted by Crippen LogP contribution is 2.44. The Labute approximate surface area is 225 Å². The molecule has 0 unspecified atom stereocenters. The van der Waals surface area contributed by atoms with Crippen LogP contribution in [0.3, 0.4) is 0 Å². The van der Waals surface area contributed by atoms with Gasteiger partial charge in [0.15, 0.2) is 0 Å². The van der Waals surface area contributed by atoms with Crippen molar-refractivity contribution in [3.05, 3.63) is 55.1 Å². The molecule has 0 bridgehead atoms. The molecule has 0 radical (unpaired) electrons. The minimum Gasteiger partial charge on any atom is -0.345 e. The SMILES string of the molecule is O=S(=O)(O)c1cc(-c2cccc3[nH]cnc23)cc(S(=O)(=O)O)c1-c1c(S(=O)(=O)O)ccc2ncn(S(=O)(=O)O)c12. The number of nitrogens with zero attached hydrogens (tertiary/aromatic N) is 3. The Balaban J connectivity index is 2.09. The van der Waals surface area contributed by atoms with E-state index in [2.05, 4.69) is 15.0 Å². The number of benzene rings is 3. The first-order valence-electron chi connectivity index (χ1n) is 10.4. The summed E-state index contributed by atoms with van der Waals surface area (Å²) in [4.78, 5) is 6.67. The van der Waals surface area contributed by atoms with Crippen LogP contribution in [0.25, 0.3) is 44.3 Å². The Kier molecular flexibility index (Phi) is 6.16. The summed E-state index contributed by atoms with van der Waals surface area (Å²) >= 11 is 0. The maximum Gasteiger partial charge on any atom is 0.365 e. The predicted octanol–water partition coefficient (Wildman–Crippen LogP) is 1.64. The maximum atomic E-state index is 12.7. The van der Waals surface area contributed by atoms with Gasteiger partial charge in [-0.3, -0.25) is 18.2 Å². The lowest BCUT2D eigenvalue weighted by Crippen LogP contribution is -2.14. The molecule has 5 N–H and O–H groups in total. The number of H-pyrrole nitrogens is 1. The number of rotatable bonds is 6. The summed E-state index contributed by atoms with van der Waals surface area (Å²) in [5, 5.41) is 0. The van der Waals surface area contributed by atoms with Gasteiger partial charge in [-0.2, -0.15) is 33.7 Å². The van der Waals surface area contributed by atoms with Gasteiger partial charge in [-0.05, 0) is 35.9 Å². The molecular weight excluding hydrogens is 617 g/mol. The number of hydrogen-bond acceptors (Lipinski definition) is 10. The Morgan fingerprint density at radius 3 is 1.85 bits per heavy atom. The van der Waals surface area contributed by atoms with E-state index < -0.39 is 77.5 Å². The molecule has 5 rings (SSSR count). The number of fused-ring (bicyclic) bond motifs is 2. The molecule has 0 spiro atoms. The van der Waals surface area contributed by atoms with Gasteiger partial charge >= 0.3 is 10.3 Å². The summed E-state index contributed by atoms with van der Waals surface area (Å²) in [6, 6.07) is 7.45. The summed E-state index contributed by atoms with van der Waals surface area (Å²) in [6.45, 7) is 0. The van der Waals surface area contributed by atoms with Crippen molar-refractivity contribution in [2.24, 2.45) is 0 Å². The standard InChI is InChI=1S/C20H14N4O12S4/c25-37(26,27)14-5-4-13-20(24(9-23-13)40(34,35)36)18(14)17-15(38(28,29)30)6-10(7-16(17)39(31,32)33)11-2-1-3-12-19(11)22-8-21-12/h1-9H,(H,21,22)(H,25,26,27)(H,28,29,30)(H,31,32,33)(H,34,35,36). The fraction of sp³-hybridized carbons (Fsp3) is 0. The van der Waals surface area contributed by atoms with Crippen LogP contribution in [0.2, 0.25) is 0 Å². The Morgan fingerprint density at radius 1 is 0.700 bits per heavy atom. The summed E-state index contributed by atoms with van der Waals surface area (Å²) in [6.07, 6.45) is 1.77. The van der Waals surface area contributed by atoms with Crippen LogP contribution in [-0.2, 0) is 40.7 Å². The molecule has 210 valence electrons. The molecule has 2 heterocycles. The van der Waals surface area contributed by atoms with E-state index in [4.69, 9.17) is 0 Å². The zero-order valence-electron chi connectivity index (χ0n) is 19.2. The lowest BCUT2D eigenvalue weighted by molar-refractivity contribution is 0.473. The summed E-state index contributed by atoms with van der Waals surface area (Å²) in [5.41, 5.74) is -3.21. The number of imidazole rings is 2. The summed E-state index contributed by atoms with van der Waals surface area (Å²) in [5.74, 6) is 0. The lowest BCUT2D eigenvalue weighted by Gasteiger charge is -2.18. The third-order valence-electron chi connectivity index (χ3n) is 5.80. The van der Waals surface area contributed by atoms with Gasteiger partial charge in [-0.25, -0.2) is 13.9 Å². The highest BCUT2D eigenvalue weighted by atomic mass is 32.2. The van der Waals surface area contributed by atoms with E-state index in [1.54, 1.807) is 6.07 Å². The van der Waals surface area contributed by atoms with Crippen molar-refractivity contribution >= 4 is 62.7 Å². The third-order valence-corrected chi connectivity index (χ3v) is 9.23. The minimum atomic E-state index is -5.52. The highest BCUT2D eigenvalue weighted by Gasteiger charge is 2.34. The first-order valence-corrected chi connectivity index (χ1v) is 16.1.